The summed E-state index contributed by atoms with van der Waals surface area (Å²) in [6.07, 6.45) is 10.9. The number of aromatic nitrogens is 2. The van der Waals surface area contributed by atoms with E-state index in [1.54, 1.807) is 12.4 Å². The van der Waals surface area contributed by atoms with E-state index in [0.717, 1.165) is 24.4 Å². The van der Waals surface area contributed by atoms with Crippen LogP contribution in [0.1, 0.15) is 43.2 Å². The zero-order valence-corrected chi connectivity index (χ0v) is 12.7. The van der Waals surface area contributed by atoms with Gasteiger partial charge in [-0.05, 0) is 55.3 Å². The molecular formula is C18H21N3O. The fourth-order valence-corrected chi connectivity index (χ4v) is 5.51. The molecule has 2 N–H and O–H groups in total. The van der Waals surface area contributed by atoms with Crippen LogP contribution in [0.3, 0.4) is 0 Å². The molecule has 1 aromatic heterocycles. The highest BCUT2D eigenvalue weighted by molar-refractivity contribution is 5.86. The minimum Gasteiger partial charge on any atom is -0.506 e. The average Bonchev–Trinajstić information content (AvgIpc) is 2.56. The van der Waals surface area contributed by atoms with Gasteiger partial charge in [0.15, 0.2) is 0 Å². The van der Waals surface area contributed by atoms with Crippen molar-refractivity contribution in [2.75, 3.05) is 6.54 Å². The van der Waals surface area contributed by atoms with Crippen LogP contribution in [-0.2, 0) is 11.8 Å². The second kappa shape index (κ2) is 4.42. The minimum atomic E-state index is 0.255. The molecule has 2 aliphatic carbocycles. The number of phenolic OH excluding ortho intramolecular Hbond substituents is 1. The third-order valence-electron chi connectivity index (χ3n) is 6.35. The summed E-state index contributed by atoms with van der Waals surface area (Å²) in [5.74, 6) is 1.02. The van der Waals surface area contributed by atoms with Gasteiger partial charge in [-0.15, -0.1) is 0 Å². The fraction of sp³-hybridized carbons (Fsp3) is 0.556. The highest BCUT2D eigenvalue weighted by Crippen LogP contribution is 2.55. The summed E-state index contributed by atoms with van der Waals surface area (Å²) in [7, 11) is 0. The first-order valence-corrected chi connectivity index (χ1v) is 8.49. The Morgan fingerprint density at radius 3 is 2.91 bits per heavy atom. The van der Waals surface area contributed by atoms with Crippen LogP contribution in [0.25, 0.3) is 11.0 Å². The molecule has 0 spiro atoms. The van der Waals surface area contributed by atoms with Crippen molar-refractivity contribution in [3.8, 4) is 5.75 Å². The Morgan fingerprint density at radius 2 is 2.00 bits per heavy atom. The molecule has 0 radical (unpaired) electrons. The Labute approximate surface area is 130 Å². The molecule has 4 heteroatoms. The van der Waals surface area contributed by atoms with Crippen molar-refractivity contribution in [1.29, 1.82) is 0 Å². The van der Waals surface area contributed by atoms with Crippen LogP contribution in [0.15, 0.2) is 18.5 Å². The van der Waals surface area contributed by atoms with Gasteiger partial charge in [-0.3, -0.25) is 4.98 Å². The van der Waals surface area contributed by atoms with Gasteiger partial charge in [-0.1, -0.05) is 12.8 Å². The number of rotatable bonds is 0. The van der Waals surface area contributed by atoms with Gasteiger partial charge in [0, 0.05) is 23.9 Å². The van der Waals surface area contributed by atoms with E-state index in [9.17, 15) is 5.11 Å². The SMILES string of the molecule is Oc1cc2c(c3nccnc13)C[C@@H]1NCC[C@]23CCCCC13. The molecule has 1 aromatic carbocycles. The van der Waals surface area contributed by atoms with Crippen LogP contribution in [-0.4, -0.2) is 27.7 Å². The maximum absolute atomic E-state index is 10.5. The van der Waals surface area contributed by atoms with Gasteiger partial charge >= 0.3 is 0 Å². The Kier molecular flexibility index (Phi) is 2.57. The summed E-state index contributed by atoms with van der Waals surface area (Å²) in [4.78, 5) is 8.92. The molecule has 22 heavy (non-hydrogen) atoms. The molecule has 114 valence electrons. The quantitative estimate of drug-likeness (QED) is 0.784. The number of phenols is 1. The number of nitrogens with one attached hydrogen (secondary N) is 1. The van der Waals surface area contributed by atoms with Crippen molar-refractivity contribution >= 4 is 11.0 Å². The Morgan fingerprint density at radius 1 is 1.14 bits per heavy atom. The zero-order chi connectivity index (χ0) is 14.7. The Bertz CT molecular complexity index is 755. The number of benzene rings is 1. The lowest BCUT2D eigenvalue weighted by Gasteiger charge is -2.56. The maximum Gasteiger partial charge on any atom is 0.143 e. The number of aromatic hydroxyl groups is 1. The molecule has 5 rings (SSSR count). The Hall–Kier alpha value is -1.68. The molecule has 3 atom stereocenters. The number of nitrogens with zero attached hydrogens (tertiary/aromatic N) is 2. The molecule has 2 fully saturated rings. The van der Waals surface area contributed by atoms with Gasteiger partial charge in [0.25, 0.3) is 0 Å². The summed E-state index contributed by atoms with van der Waals surface area (Å²) in [6, 6.07) is 2.59. The van der Waals surface area contributed by atoms with E-state index in [2.05, 4.69) is 15.3 Å². The molecule has 1 saturated heterocycles. The summed E-state index contributed by atoms with van der Waals surface area (Å²) >= 11 is 0. The van der Waals surface area contributed by atoms with Crippen molar-refractivity contribution < 1.29 is 5.11 Å². The standard InChI is InChI=1S/C18H21N3O/c22-15-10-13-11(16-17(15)21-8-7-20-16)9-14-12-3-1-2-4-18(12,13)5-6-19-14/h7-8,10,12,14,19,22H,1-6,9H2/t12?,14-,18-/m0/s1. The van der Waals surface area contributed by atoms with Crippen molar-refractivity contribution in [1.82, 2.24) is 15.3 Å². The van der Waals surface area contributed by atoms with Crippen molar-refractivity contribution in [3.63, 3.8) is 0 Å². The van der Waals surface area contributed by atoms with E-state index < -0.39 is 0 Å². The van der Waals surface area contributed by atoms with Crippen LogP contribution < -0.4 is 5.32 Å². The van der Waals surface area contributed by atoms with Crippen LogP contribution in [0, 0.1) is 5.92 Å². The van der Waals surface area contributed by atoms with Crippen molar-refractivity contribution in [2.24, 2.45) is 5.92 Å². The van der Waals surface area contributed by atoms with Gasteiger partial charge < -0.3 is 10.4 Å². The lowest BCUT2D eigenvalue weighted by atomic mass is 9.52. The Balaban J connectivity index is 1.83. The monoisotopic (exact) mass is 295 g/mol. The molecule has 3 aliphatic rings. The average molecular weight is 295 g/mol. The summed E-state index contributed by atoms with van der Waals surface area (Å²) in [6.45, 7) is 1.10. The fourth-order valence-electron chi connectivity index (χ4n) is 5.51. The second-order valence-corrected chi connectivity index (χ2v) is 7.20. The first-order chi connectivity index (χ1) is 10.8. The van der Waals surface area contributed by atoms with Crippen LogP contribution in [0.5, 0.6) is 5.75 Å². The smallest absolute Gasteiger partial charge is 0.143 e. The normalized spacial score (nSPS) is 33.3. The largest absolute Gasteiger partial charge is 0.506 e. The summed E-state index contributed by atoms with van der Waals surface area (Å²) in [5, 5.41) is 14.2. The van der Waals surface area contributed by atoms with Gasteiger partial charge in [0.1, 0.15) is 11.3 Å². The third-order valence-corrected chi connectivity index (χ3v) is 6.35. The number of fused-ring (bicyclic) bond motifs is 3. The third kappa shape index (κ3) is 1.51. The van der Waals surface area contributed by atoms with E-state index in [4.69, 9.17) is 0 Å². The molecule has 1 unspecified atom stereocenters. The van der Waals surface area contributed by atoms with Crippen molar-refractivity contribution in [2.45, 2.75) is 50.0 Å². The van der Waals surface area contributed by atoms with E-state index in [-0.39, 0.29) is 5.41 Å². The molecule has 2 aromatic rings. The van der Waals surface area contributed by atoms with E-state index in [1.807, 2.05) is 6.07 Å². The summed E-state index contributed by atoms with van der Waals surface area (Å²) in [5.41, 5.74) is 4.53. The maximum atomic E-state index is 10.5. The summed E-state index contributed by atoms with van der Waals surface area (Å²) < 4.78 is 0. The first-order valence-electron chi connectivity index (χ1n) is 8.49. The van der Waals surface area contributed by atoms with Gasteiger partial charge in [0.05, 0.1) is 5.52 Å². The molecule has 0 amide bonds. The molecule has 2 bridgehead atoms. The molecule has 1 aliphatic heterocycles. The highest BCUT2D eigenvalue weighted by atomic mass is 16.3. The van der Waals surface area contributed by atoms with E-state index in [0.29, 0.717) is 17.3 Å². The number of hydrogen-bond donors (Lipinski definition) is 2. The lowest BCUT2D eigenvalue weighted by Crippen LogP contribution is -2.59. The zero-order valence-electron chi connectivity index (χ0n) is 12.7. The highest BCUT2D eigenvalue weighted by Gasteiger charge is 2.52. The van der Waals surface area contributed by atoms with Crippen LogP contribution in [0.2, 0.25) is 0 Å². The minimum absolute atomic E-state index is 0.255. The molecule has 2 heterocycles. The van der Waals surface area contributed by atoms with Gasteiger partial charge in [0.2, 0.25) is 0 Å². The molecular weight excluding hydrogens is 274 g/mol. The van der Waals surface area contributed by atoms with Gasteiger partial charge in [-0.2, -0.15) is 0 Å². The second-order valence-electron chi connectivity index (χ2n) is 7.20. The number of hydrogen-bond acceptors (Lipinski definition) is 4. The van der Waals surface area contributed by atoms with Crippen LogP contribution in [0.4, 0.5) is 0 Å². The predicted molar refractivity (Wildman–Crippen MR) is 85.0 cm³/mol. The van der Waals surface area contributed by atoms with E-state index in [1.165, 1.54) is 43.2 Å². The lowest BCUT2D eigenvalue weighted by molar-refractivity contribution is 0.0800. The first kappa shape index (κ1) is 12.8. The molecule has 1 saturated carbocycles. The number of piperidine rings is 1. The van der Waals surface area contributed by atoms with E-state index >= 15 is 0 Å². The van der Waals surface area contributed by atoms with Gasteiger partial charge in [-0.25, -0.2) is 4.98 Å². The molecule has 4 nitrogen and oxygen atoms in total. The predicted octanol–water partition coefficient (Wildman–Crippen LogP) is 2.68. The van der Waals surface area contributed by atoms with Crippen LogP contribution >= 0.6 is 0 Å². The van der Waals surface area contributed by atoms with Crippen molar-refractivity contribution in [3.05, 3.63) is 29.6 Å². The topological polar surface area (TPSA) is 58.0 Å².